The second-order valence-electron chi connectivity index (χ2n) is 2.98. The molecule has 0 saturated heterocycles. The first kappa shape index (κ1) is 9.25. The number of rotatable bonds is 2. The van der Waals surface area contributed by atoms with Crippen molar-refractivity contribution in [1.29, 1.82) is 0 Å². The molecule has 0 bridgehead atoms. The number of aromatic nitrogens is 4. The average Bonchev–Trinajstić information content (AvgIpc) is 2.53. The standard InChI is InChI=1S/C8H9N5O2/c1-2-3-13-6(14)4-5(12-8(13)15)11-7(9)10-4/h2H,1,3H2,(H,12,15)(H3,9,10,11). The Bertz CT molecular complexity index is 632. The third-order valence-corrected chi connectivity index (χ3v) is 1.96. The Morgan fingerprint density at radius 1 is 1.47 bits per heavy atom. The predicted octanol–water partition coefficient (Wildman–Crippen LogP) is -0.819. The van der Waals surface area contributed by atoms with Crippen LogP contribution >= 0.6 is 0 Å². The first-order valence-electron chi connectivity index (χ1n) is 4.22. The summed E-state index contributed by atoms with van der Waals surface area (Å²) in [5, 5.41) is 0. The van der Waals surface area contributed by atoms with Gasteiger partial charge in [0.1, 0.15) is 0 Å². The summed E-state index contributed by atoms with van der Waals surface area (Å²) in [6, 6.07) is 0. The van der Waals surface area contributed by atoms with Gasteiger partial charge in [-0.2, -0.15) is 4.98 Å². The number of imidazole rings is 1. The number of anilines is 1. The fourth-order valence-corrected chi connectivity index (χ4v) is 1.33. The first-order valence-corrected chi connectivity index (χ1v) is 4.22. The summed E-state index contributed by atoms with van der Waals surface area (Å²) in [5.74, 6) is 0.0918. The van der Waals surface area contributed by atoms with Gasteiger partial charge in [0, 0.05) is 6.54 Å². The van der Waals surface area contributed by atoms with Crippen molar-refractivity contribution in [3.8, 4) is 0 Å². The Labute approximate surface area is 83.3 Å². The highest BCUT2D eigenvalue weighted by Crippen LogP contribution is 2.01. The highest BCUT2D eigenvalue weighted by atomic mass is 16.2. The van der Waals surface area contributed by atoms with Crippen molar-refractivity contribution in [1.82, 2.24) is 19.5 Å². The number of nitrogens with zero attached hydrogens (tertiary/aromatic N) is 2. The van der Waals surface area contributed by atoms with Gasteiger partial charge in [-0.25, -0.2) is 4.79 Å². The molecule has 0 atom stereocenters. The molecule has 0 amide bonds. The van der Waals surface area contributed by atoms with Crippen LogP contribution in [0.5, 0.6) is 0 Å². The van der Waals surface area contributed by atoms with Gasteiger partial charge < -0.3 is 10.7 Å². The van der Waals surface area contributed by atoms with E-state index in [-0.39, 0.29) is 23.7 Å². The largest absolute Gasteiger partial charge is 0.369 e. The van der Waals surface area contributed by atoms with Crippen LogP contribution in [0.15, 0.2) is 22.2 Å². The maximum Gasteiger partial charge on any atom is 0.330 e. The fraction of sp³-hybridized carbons (Fsp3) is 0.125. The Balaban J connectivity index is 2.89. The average molecular weight is 207 g/mol. The lowest BCUT2D eigenvalue weighted by molar-refractivity contribution is 0.726. The summed E-state index contributed by atoms with van der Waals surface area (Å²) in [5.41, 5.74) is 4.75. The van der Waals surface area contributed by atoms with Gasteiger partial charge in [0.25, 0.3) is 5.56 Å². The lowest BCUT2D eigenvalue weighted by Crippen LogP contribution is -2.34. The molecule has 0 spiro atoms. The minimum atomic E-state index is -0.529. The molecule has 7 nitrogen and oxygen atoms in total. The van der Waals surface area contributed by atoms with Crippen molar-refractivity contribution in [2.75, 3.05) is 5.73 Å². The van der Waals surface area contributed by atoms with Crippen molar-refractivity contribution in [3.63, 3.8) is 0 Å². The van der Waals surface area contributed by atoms with Crippen LogP contribution in [0, 0.1) is 0 Å². The number of nitrogens with two attached hydrogens (primary N) is 1. The molecule has 2 aromatic rings. The van der Waals surface area contributed by atoms with E-state index in [1.807, 2.05) is 0 Å². The van der Waals surface area contributed by atoms with E-state index in [9.17, 15) is 9.59 Å². The van der Waals surface area contributed by atoms with E-state index in [0.717, 1.165) is 4.57 Å². The molecule has 2 aromatic heterocycles. The lowest BCUT2D eigenvalue weighted by atomic mass is 10.5. The highest BCUT2D eigenvalue weighted by molar-refractivity contribution is 5.71. The number of fused-ring (bicyclic) bond motifs is 1. The van der Waals surface area contributed by atoms with E-state index in [4.69, 9.17) is 5.73 Å². The molecule has 0 fully saturated rings. The molecule has 78 valence electrons. The van der Waals surface area contributed by atoms with Gasteiger partial charge in [0.2, 0.25) is 0 Å². The van der Waals surface area contributed by atoms with Crippen molar-refractivity contribution in [2.24, 2.45) is 0 Å². The quantitative estimate of drug-likeness (QED) is 0.559. The maximum atomic E-state index is 11.7. The zero-order valence-electron chi connectivity index (χ0n) is 7.78. The number of hydrogen-bond acceptors (Lipinski definition) is 4. The molecule has 0 unspecified atom stereocenters. The van der Waals surface area contributed by atoms with Crippen LogP contribution in [0.3, 0.4) is 0 Å². The number of H-pyrrole nitrogens is 2. The smallest absolute Gasteiger partial charge is 0.330 e. The molecular formula is C8H9N5O2. The summed E-state index contributed by atoms with van der Waals surface area (Å²) in [4.78, 5) is 31.9. The van der Waals surface area contributed by atoms with Crippen LogP contribution in [-0.2, 0) is 6.54 Å². The number of aromatic amines is 2. The normalized spacial score (nSPS) is 10.7. The molecule has 2 rings (SSSR count). The molecule has 0 radical (unpaired) electrons. The lowest BCUT2D eigenvalue weighted by Gasteiger charge is -1.98. The number of allylic oxidation sites excluding steroid dienone is 1. The zero-order valence-corrected chi connectivity index (χ0v) is 7.78. The molecule has 0 saturated carbocycles. The SMILES string of the molecule is C=CCn1c(=O)[nH]c2nc(N)[nH]c2c1=O. The van der Waals surface area contributed by atoms with E-state index in [0.29, 0.717) is 0 Å². The maximum absolute atomic E-state index is 11.7. The molecule has 0 aliphatic heterocycles. The monoisotopic (exact) mass is 207 g/mol. The molecule has 7 heteroatoms. The molecule has 2 heterocycles. The zero-order chi connectivity index (χ0) is 11.0. The summed E-state index contributed by atoms with van der Waals surface area (Å²) >= 11 is 0. The number of hydrogen-bond donors (Lipinski definition) is 3. The van der Waals surface area contributed by atoms with Crippen LogP contribution in [0.2, 0.25) is 0 Å². The van der Waals surface area contributed by atoms with Crippen molar-refractivity contribution < 1.29 is 0 Å². The fourth-order valence-electron chi connectivity index (χ4n) is 1.33. The van der Waals surface area contributed by atoms with E-state index in [1.165, 1.54) is 6.08 Å². The Morgan fingerprint density at radius 3 is 2.87 bits per heavy atom. The van der Waals surface area contributed by atoms with Crippen LogP contribution in [0.1, 0.15) is 0 Å². The first-order chi connectivity index (χ1) is 7.13. The molecule has 15 heavy (non-hydrogen) atoms. The van der Waals surface area contributed by atoms with E-state index >= 15 is 0 Å². The number of nitrogen functional groups attached to an aromatic ring is 1. The molecule has 0 aliphatic rings. The predicted molar refractivity (Wildman–Crippen MR) is 55.6 cm³/mol. The van der Waals surface area contributed by atoms with Crippen LogP contribution in [-0.4, -0.2) is 19.5 Å². The highest BCUT2D eigenvalue weighted by Gasteiger charge is 2.09. The summed E-state index contributed by atoms with van der Waals surface area (Å²) in [6.07, 6.45) is 1.46. The summed E-state index contributed by atoms with van der Waals surface area (Å²) in [6.45, 7) is 3.60. The second kappa shape index (κ2) is 3.12. The van der Waals surface area contributed by atoms with Gasteiger partial charge in [-0.05, 0) is 0 Å². The minimum Gasteiger partial charge on any atom is -0.369 e. The van der Waals surface area contributed by atoms with Crippen molar-refractivity contribution in [3.05, 3.63) is 33.5 Å². The minimum absolute atomic E-state index is 0.0918. The third-order valence-electron chi connectivity index (χ3n) is 1.96. The molecule has 0 aromatic carbocycles. The van der Waals surface area contributed by atoms with Crippen LogP contribution in [0.25, 0.3) is 11.2 Å². The van der Waals surface area contributed by atoms with Crippen LogP contribution < -0.4 is 17.0 Å². The third kappa shape index (κ3) is 1.33. The van der Waals surface area contributed by atoms with Gasteiger partial charge in [-0.3, -0.25) is 14.3 Å². The molecule has 0 aliphatic carbocycles. The van der Waals surface area contributed by atoms with E-state index in [1.54, 1.807) is 0 Å². The van der Waals surface area contributed by atoms with Crippen molar-refractivity contribution in [2.45, 2.75) is 6.54 Å². The van der Waals surface area contributed by atoms with Crippen LogP contribution in [0.4, 0.5) is 5.95 Å². The van der Waals surface area contributed by atoms with Crippen molar-refractivity contribution >= 4 is 17.1 Å². The number of nitrogens with one attached hydrogen (secondary N) is 2. The topological polar surface area (TPSA) is 110 Å². The Kier molecular flexibility index (Phi) is 1.93. The van der Waals surface area contributed by atoms with E-state index < -0.39 is 11.2 Å². The summed E-state index contributed by atoms with van der Waals surface area (Å²) < 4.78 is 1.01. The Hall–Kier alpha value is -2.31. The van der Waals surface area contributed by atoms with Gasteiger partial charge in [0.05, 0.1) is 0 Å². The van der Waals surface area contributed by atoms with Gasteiger partial charge in [-0.1, -0.05) is 6.08 Å². The Morgan fingerprint density at radius 2 is 2.20 bits per heavy atom. The molecule has 4 N–H and O–H groups in total. The van der Waals surface area contributed by atoms with Gasteiger partial charge in [0.15, 0.2) is 17.1 Å². The summed E-state index contributed by atoms with van der Waals surface area (Å²) in [7, 11) is 0. The molecular weight excluding hydrogens is 198 g/mol. The van der Waals surface area contributed by atoms with Gasteiger partial charge in [-0.15, -0.1) is 6.58 Å². The second-order valence-corrected chi connectivity index (χ2v) is 2.98. The van der Waals surface area contributed by atoms with Gasteiger partial charge >= 0.3 is 5.69 Å². The van der Waals surface area contributed by atoms with E-state index in [2.05, 4.69) is 21.5 Å².